The minimum absolute atomic E-state index is 0.0714. The van der Waals surface area contributed by atoms with Gasteiger partial charge in [-0.25, -0.2) is 4.98 Å². The van der Waals surface area contributed by atoms with E-state index in [2.05, 4.69) is 11.3 Å². The molecule has 1 unspecified atom stereocenters. The predicted molar refractivity (Wildman–Crippen MR) is 89.5 cm³/mol. The zero-order valence-corrected chi connectivity index (χ0v) is 13.1. The van der Waals surface area contributed by atoms with Gasteiger partial charge in [0, 0.05) is 35.9 Å². The Kier molecular flexibility index (Phi) is 3.83. The van der Waals surface area contributed by atoms with E-state index in [1.807, 2.05) is 25.1 Å². The number of hydrogen-bond donors (Lipinski definition) is 1. The third-order valence-corrected chi connectivity index (χ3v) is 4.05. The molecule has 0 radical (unpaired) electrons. The van der Waals surface area contributed by atoms with Crippen molar-refractivity contribution in [2.45, 2.75) is 19.8 Å². The molecule has 0 aliphatic rings. The minimum Gasteiger partial charge on any atom is -0.330 e. The van der Waals surface area contributed by atoms with Gasteiger partial charge < -0.3 is 10.1 Å². The summed E-state index contributed by atoms with van der Waals surface area (Å²) in [5, 5.41) is 10.8. The lowest BCUT2D eigenvalue weighted by Gasteiger charge is -2.13. The van der Waals surface area contributed by atoms with Gasteiger partial charge >= 0.3 is 0 Å². The van der Waals surface area contributed by atoms with Gasteiger partial charge in [0.05, 0.1) is 16.3 Å². The lowest BCUT2D eigenvalue weighted by Crippen LogP contribution is -2.12. The van der Waals surface area contributed by atoms with Crippen molar-refractivity contribution < 1.29 is 4.92 Å². The summed E-state index contributed by atoms with van der Waals surface area (Å²) in [4.78, 5) is 15.1. The Morgan fingerprint density at radius 2 is 1.96 bits per heavy atom. The standard InChI is InChI=1S/C17H18N4O2/c1-11(10-18)17-16(13-6-8-14(9-7-13)21(22)23)19-15-5-3-4-12(2)20(15)17/h3-9,11H,10,18H2,1-2H3. The molecule has 0 fully saturated rings. The summed E-state index contributed by atoms with van der Waals surface area (Å²) in [5.41, 5.74) is 10.6. The maximum absolute atomic E-state index is 10.8. The summed E-state index contributed by atoms with van der Waals surface area (Å²) in [7, 11) is 0. The van der Waals surface area contributed by atoms with Crippen LogP contribution in [0.2, 0.25) is 0 Å². The van der Waals surface area contributed by atoms with Crippen LogP contribution < -0.4 is 5.73 Å². The van der Waals surface area contributed by atoms with E-state index >= 15 is 0 Å². The normalized spacial score (nSPS) is 12.5. The van der Waals surface area contributed by atoms with E-state index in [1.165, 1.54) is 12.1 Å². The molecule has 0 aliphatic carbocycles. The summed E-state index contributed by atoms with van der Waals surface area (Å²) >= 11 is 0. The van der Waals surface area contributed by atoms with Crippen LogP contribution in [0.4, 0.5) is 5.69 Å². The summed E-state index contributed by atoms with van der Waals surface area (Å²) in [6, 6.07) is 12.4. The second-order valence-electron chi connectivity index (χ2n) is 5.65. The van der Waals surface area contributed by atoms with E-state index in [9.17, 15) is 10.1 Å². The van der Waals surface area contributed by atoms with Crippen LogP contribution >= 0.6 is 0 Å². The van der Waals surface area contributed by atoms with Crippen LogP contribution in [-0.4, -0.2) is 20.9 Å². The molecule has 2 heterocycles. The highest BCUT2D eigenvalue weighted by atomic mass is 16.6. The fourth-order valence-electron chi connectivity index (χ4n) is 2.80. The van der Waals surface area contributed by atoms with Gasteiger partial charge in [-0.3, -0.25) is 10.1 Å². The average molecular weight is 310 g/mol. The lowest BCUT2D eigenvalue weighted by molar-refractivity contribution is -0.384. The zero-order chi connectivity index (χ0) is 16.6. The van der Waals surface area contributed by atoms with Gasteiger partial charge in [-0.1, -0.05) is 13.0 Å². The maximum atomic E-state index is 10.8. The van der Waals surface area contributed by atoms with Gasteiger partial charge in [0.2, 0.25) is 0 Å². The van der Waals surface area contributed by atoms with E-state index in [-0.39, 0.29) is 11.6 Å². The molecule has 0 aliphatic heterocycles. The first-order chi connectivity index (χ1) is 11.0. The molecule has 118 valence electrons. The zero-order valence-electron chi connectivity index (χ0n) is 13.1. The van der Waals surface area contributed by atoms with E-state index in [0.29, 0.717) is 6.54 Å². The largest absolute Gasteiger partial charge is 0.330 e. The molecule has 0 saturated carbocycles. The number of nitro benzene ring substituents is 1. The number of non-ortho nitro benzene ring substituents is 1. The van der Waals surface area contributed by atoms with Crippen LogP contribution in [0.25, 0.3) is 16.9 Å². The molecule has 0 spiro atoms. The van der Waals surface area contributed by atoms with Gasteiger partial charge in [0.15, 0.2) is 0 Å². The predicted octanol–water partition coefficient (Wildman–Crippen LogP) is 3.28. The highest BCUT2D eigenvalue weighted by molar-refractivity contribution is 5.68. The molecule has 0 amide bonds. The van der Waals surface area contributed by atoms with Crippen molar-refractivity contribution in [2.75, 3.05) is 6.54 Å². The smallest absolute Gasteiger partial charge is 0.269 e. The number of nitrogens with two attached hydrogens (primary N) is 1. The Hall–Kier alpha value is -2.73. The number of nitrogens with zero attached hydrogens (tertiary/aromatic N) is 3. The summed E-state index contributed by atoms with van der Waals surface area (Å²) < 4.78 is 2.11. The summed E-state index contributed by atoms with van der Waals surface area (Å²) in [6.07, 6.45) is 0. The second-order valence-corrected chi connectivity index (χ2v) is 5.65. The Labute approximate surface area is 133 Å². The molecule has 23 heavy (non-hydrogen) atoms. The van der Waals surface area contributed by atoms with Crippen molar-refractivity contribution in [2.24, 2.45) is 5.73 Å². The number of nitro groups is 1. The number of aryl methyl sites for hydroxylation is 1. The molecule has 0 bridgehead atoms. The number of pyridine rings is 1. The maximum Gasteiger partial charge on any atom is 0.269 e. The van der Waals surface area contributed by atoms with Crippen molar-refractivity contribution in [3.8, 4) is 11.3 Å². The average Bonchev–Trinajstić information content (AvgIpc) is 2.95. The minimum atomic E-state index is -0.402. The van der Waals surface area contributed by atoms with E-state index < -0.39 is 4.92 Å². The van der Waals surface area contributed by atoms with Crippen molar-refractivity contribution in [1.29, 1.82) is 0 Å². The van der Waals surface area contributed by atoms with Crippen LogP contribution in [-0.2, 0) is 0 Å². The van der Waals surface area contributed by atoms with Crippen LogP contribution in [0, 0.1) is 17.0 Å². The first-order valence-corrected chi connectivity index (χ1v) is 7.45. The Morgan fingerprint density at radius 1 is 1.26 bits per heavy atom. The molecule has 6 nitrogen and oxygen atoms in total. The fourth-order valence-corrected chi connectivity index (χ4v) is 2.80. The van der Waals surface area contributed by atoms with Gasteiger partial charge in [-0.15, -0.1) is 0 Å². The number of hydrogen-bond acceptors (Lipinski definition) is 4. The SMILES string of the molecule is Cc1cccc2nc(-c3ccc([N+](=O)[O-])cc3)c(C(C)CN)n12. The van der Waals surface area contributed by atoms with Gasteiger partial charge in [0.25, 0.3) is 5.69 Å². The Balaban J connectivity index is 2.24. The van der Waals surface area contributed by atoms with Crippen LogP contribution in [0.3, 0.4) is 0 Å². The fraction of sp³-hybridized carbons (Fsp3) is 0.235. The number of fused-ring (bicyclic) bond motifs is 1. The molecule has 1 aromatic carbocycles. The molecular weight excluding hydrogens is 292 g/mol. The van der Waals surface area contributed by atoms with Gasteiger partial charge in [-0.05, 0) is 31.2 Å². The molecule has 0 saturated heterocycles. The third-order valence-electron chi connectivity index (χ3n) is 4.05. The van der Waals surface area contributed by atoms with E-state index in [0.717, 1.165) is 28.3 Å². The van der Waals surface area contributed by atoms with Gasteiger partial charge in [-0.2, -0.15) is 0 Å². The quantitative estimate of drug-likeness (QED) is 0.592. The molecule has 3 rings (SSSR count). The second kappa shape index (κ2) is 5.81. The van der Waals surface area contributed by atoms with Crippen molar-refractivity contribution in [1.82, 2.24) is 9.38 Å². The van der Waals surface area contributed by atoms with Gasteiger partial charge in [0.1, 0.15) is 5.65 Å². The Bertz CT molecular complexity index is 868. The molecule has 6 heteroatoms. The monoisotopic (exact) mass is 310 g/mol. The third kappa shape index (κ3) is 2.57. The lowest BCUT2D eigenvalue weighted by atomic mass is 10.0. The molecule has 2 aromatic heterocycles. The number of rotatable bonds is 4. The highest BCUT2D eigenvalue weighted by Gasteiger charge is 2.20. The first-order valence-electron chi connectivity index (χ1n) is 7.45. The van der Waals surface area contributed by atoms with Crippen LogP contribution in [0.5, 0.6) is 0 Å². The topological polar surface area (TPSA) is 86.5 Å². The molecule has 1 atom stereocenters. The number of imidazole rings is 1. The number of aromatic nitrogens is 2. The van der Waals surface area contributed by atoms with Crippen molar-refractivity contribution in [3.05, 3.63) is 64.0 Å². The highest BCUT2D eigenvalue weighted by Crippen LogP contribution is 2.31. The van der Waals surface area contributed by atoms with Crippen LogP contribution in [0.15, 0.2) is 42.5 Å². The van der Waals surface area contributed by atoms with Crippen molar-refractivity contribution >= 4 is 11.3 Å². The number of benzene rings is 1. The summed E-state index contributed by atoms with van der Waals surface area (Å²) in [5.74, 6) is 0.122. The van der Waals surface area contributed by atoms with Crippen molar-refractivity contribution in [3.63, 3.8) is 0 Å². The molecule has 2 N–H and O–H groups in total. The van der Waals surface area contributed by atoms with E-state index in [4.69, 9.17) is 10.7 Å². The van der Waals surface area contributed by atoms with E-state index in [1.54, 1.807) is 12.1 Å². The Morgan fingerprint density at radius 3 is 2.57 bits per heavy atom. The molecule has 3 aromatic rings. The van der Waals surface area contributed by atoms with Crippen LogP contribution in [0.1, 0.15) is 24.2 Å². The summed E-state index contributed by atoms with van der Waals surface area (Å²) in [6.45, 7) is 4.59. The first kappa shape index (κ1) is 15.2. The molecular formula is C17H18N4O2.